The van der Waals surface area contributed by atoms with Gasteiger partial charge >= 0.3 is 0 Å². The molecule has 1 rings (SSSR count). The fraction of sp³-hybridized carbons (Fsp3) is 0.444. The molecule has 5 heteroatoms. The average Bonchev–Trinajstić information content (AvgIpc) is 2.17. The van der Waals surface area contributed by atoms with E-state index in [4.69, 9.17) is 11.6 Å². The third-order valence-electron chi connectivity index (χ3n) is 1.92. The first-order valence-electron chi connectivity index (χ1n) is 4.21. The Hall–Kier alpha value is -0.610. The van der Waals surface area contributed by atoms with Crippen molar-refractivity contribution in [2.24, 2.45) is 0 Å². The molecular formula is C9H12ClNO2S. The summed E-state index contributed by atoms with van der Waals surface area (Å²) in [7, 11) is -3.35. The van der Waals surface area contributed by atoms with E-state index in [1.165, 1.54) is 12.3 Å². The lowest BCUT2D eigenvalue weighted by atomic mass is 10.3. The predicted octanol–water partition coefficient (Wildman–Crippen LogP) is 1.79. The van der Waals surface area contributed by atoms with Gasteiger partial charge in [0, 0.05) is 12.1 Å². The van der Waals surface area contributed by atoms with Gasteiger partial charge in [0.05, 0.1) is 5.25 Å². The second-order valence-electron chi connectivity index (χ2n) is 3.18. The number of hydrogen-bond acceptors (Lipinski definition) is 3. The molecule has 1 atom stereocenters. The molecule has 0 saturated carbocycles. The number of sulfone groups is 1. The standard InChI is InChI=1S/C9H12ClNO2S/c1-7-3-4-9(11-6-7)14(12,13)8(2)5-10/h3-4,6,8H,5H2,1-2H3. The highest BCUT2D eigenvalue weighted by Gasteiger charge is 2.23. The summed E-state index contributed by atoms with van der Waals surface area (Å²) in [6.45, 7) is 3.43. The quantitative estimate of drug-likeness (QED) is 0.748. The zero-order valence-corrected chi connectivity index (χ0v) is 9.64. The van der Waals surface area contributed by atoms with Crippen LogP contribution in [-0.2, 0) is 9.84 Å². The van der Waals surface area contributed by atoms with Crippen molar-refractivity contribution >= 4 is 21.4 Å². The maximum absolute atomic E-state index is 11.7. The van der Waals surface area contributed by atoms with Crippen LogP contribution in [0, 0.1) is 6.92 Å². The summed E-state index contributed by atoms with van der Waals surface area (Å²) in [4.78, 5) is 3.87. The van der Waals surface area contributed by atoms with Gasteiger partial charge in [-0.2, -0.15) is 0 Å². The molecule has 1 unspecified atom stereocenters. The van der Waals surface area contributed by atoms with Crippen molar-refractivity contribution in [1.29, 1.82) is 0 Å². The van der Waals surface area contributed by atoms with Crippen molar-refractivity contribution in [3.05, 3.63) is 23.9 Å². The lowest BCUT2D eigenvalue weighted by molar-refractivity contribution is 0.584. The Bertz CT molecular complexity index is 399. The van der Waals surface area contributed by atoms with Crippen LogP contribution in [0.5, 0.6) is 0 Å². The van der Waals surface area contributed by atoms with Gasteiger partial charge in [-0.1, -0.05) is 6.07 Å². The minimum Gasteiger partial charge on any atom is -0.244 e. The number of hydrogen-bond donors (Lipinski definition) is 0. The van der Waals surface area contributed by atoms with E-state index in [0.717, 1.165) is 5.56 Å². The summed E-state index contributed by atoms with van der Waals surface area (Å²) < 4.78 is 23.5. The van der Waals surface area contributed by atoms with Crippen molar-refractivity contribution in [2.45, 2.75) is 24.1 Å². The van der Waals surface area contributed by atoms with Crippen LogP contribution in [0.2, 0.25) is 0 Å². The molecule has 0 bridgehead atoms. The number of pyridine rings is 1. The van der Waals surface area contributed by atoms with Crippen LogP contribution in [0.1, 0.15) is 12.5 Å². The maximum Gasteiger partial charge on any atom is 0.199 e. The molecule has 1 heterocycles. The molecule has 0 aromatic carbocycles. The second kappa shape index (κ2) is 4.28. The summed E-state index contributed by atoms with van der Waals surface area (Å²) in [6.07, 6.45) is 1.54. The van der Waals surface area contributed by atoms with E-state index in [1.54, 1.807) is 13.0 Å². The van der Waals surface area contributed by atoms with Crippen LogP contribution in [0.25, 0.3) is 0 Å². The molecule has 1 aromatic rings. The van der Waals surface area contributed by atoms with E-state index < -0.39 is 15.1 Å². The summed E-state index contributed by atoms with van der Waals surface area (Å²) in [5, 5.41) is -0.504. The molecule has 0 aliphatic rings. The monoisotopic (exact) mass is 233 g/mol. The minimum atomic E-state index is -3.35. The van der Waals surface area contributed by atoms with Gasteiger partial charge in [0.25, 0.3) is 0 Å². The average molecular weight is 234 g/mol. The lowest BCUT2D eigenvalue weighted by Gasteiger charge is -2.08. The van der Waals surface area contributed by atoms with Crippen molar-refractivity contribution in [3.8, 4) is 0 Å². The van der Waals surface area contributed by atoms with Gasteiger partial charge in [0.15, 0.2) is 14.9 Å². The third kappa shape index (κ3) is 2.25. The first-order chi connectivity index (χ1) is 6.48. The summed E-state index contributed by atoms with van der Waals surface area (Å²) in [6, 6.07) is 3.23. The van der Waals surface area contributed by atoms with E-state index in [2.05, 4.69) is 4.98 Å². The van der Waals surface area contributed by atoms with E-state index >= 15 is 0 Å². The molecular weight excluding hydrogens is 222 g/mol. The molecule has 78 valence electrons. The number of nitrogens with zero attached hydrogens (tertiary/aromatic N) is 1. The molecule has 3 nitrogen and oxygen atoms in total. The van der Waals surface area contributed by atoms with Crippen molar-refractivity contribution in [1.82, 2.24) is 4.98 Å². The van der Waals surface area contributed by atoms with Crippen LogP contribution in [0.15, 0.2) is 23.4 Å². The molecule has 0 saturated heterocycles. The van der Waals surface area contributed by atoms with Crippen LogP contribution < -0.4 is 0 Å². The molecule has 0 N–H and O–H groups in total. The highest BCUT2D eigenvalue weighted by molar-refractivity contribution is 7.92. The number of aryl methyl sites for hydroxylation is 1. The summed E-state index contributed by atoms with van der Waals surface area (Å²) >= 11 is 5.51. The number of rotatable bonds is 3. The van der Waals surface area contributed by atoms with Crippen LogP contribution in [-0.4, -0.2) is 24.5 Å². The molecule has 0 aliphatic carbocycles. The Labute approximate surface area is 89.0 Å². The second-order valence-corrected chi connectivity index (χ2v) is 5.81. The van der Waals surface area contributed by atoms with Crippen molar-refractivity contribution in [2.75, 3.05) is 5.88 Å². The van der Waals surface area contributed by atoms with Gasteiger partial charge in [-0.3, -0.25) is 0 Å². The smallest absolute Gasteiger partial charge is 0.199 e. The van der Waals surface area contributed by atoms with E-state index in [-0.39, 0.29) is 10.9 Å². The number of alkyl halides is 1. The fourth-order valence-electron chi connectivity index (χ4n) is 0.912. The van der Waals surface area contributed by atoms with E-state index in [0.29, 0.717) is 0 Å². The van der Waals surface area contributed by atoms with Crippen LogP contribution in [0.3, 0.4) is 0 Å². The molecule has 0 fully saturated rings. The Morgan fingerprint density at radius 1 is 1.50 bits per heavy atom. The third-order valence-corrected chi connectivity index (χ3v) is 4.62. The normalized spacial score (nSPS) is 13.9. The van der Waals surface area contributed by atoms with Crippen molar-refractivity contribution < 1.29 is 8.42 Å². The molecule has 1 aromatic heterocycles. The first-order valence-corrected chi connectivity index (χ1v) is 6.29. The lowest BCUT2D eigenvalue weighted by Crippen LogP contribution is -2.20. The number of aromatic nitrogens is 1. The predicted molar refractivity (Wildman–Crippen MR) is 56.3 cm³/mol. The Kier molecular flexibility index (Phi) is 3.50. The zero-order valence-electron chi connectivity index (χ0n) is 8.07. The summed E-state index contributed by atoms with van der Waals surface area (Å²) in [5.41, 5.74) is 0.933. The molecule has 14 heavy (non-hydrogen) atoms. The fourth-order valence-corrected chi connectivity index (χ4v) is 2.44. The number of halogens is 1. The summed E-state index contributed by atoms with van der Waals surface area (Å²) in [5.74, 6) is 0.0812. The molecule has 0 radical (unpaired) electrons. The Morgan fingerprint density at radius 3 is 2.57 bits per heavy atom. The maximum atomic E-state index is 11.7. The van der Waals surface area contributed by atoms with Gasteiger partial charge in [0.2, 0.25) is 0 Å². The highest BCUT2D eigenvalue weighted by atomic mass is 35.5. The highest BCUT2D eigenvalue weighted by Crippen LogP contribution is 2.14. The van der Waals surface area contributed by atoms with Gasteiger partial charge in [0.1, 0.15) is 0 Å². The van der Waals surface area contributed by atoms with Gasteiger partial charge < -0.3 is 0 Å². The van der Waals surface area contributed by atoms with Gasteiger partial charge in [-0.15, -0.1) is 11.6 Å². The first kappa shape index (κ1) is 11.5. The SMILES string of the molecule is Cc1ccc(S(=O)(=O)C(C)CCl)nc1. The Balaban J connectivity index is 3.11. The Morgan fingerprint density at radius 2 is 2.14 bits per heavy atom. The topological polar surface area (TPSA) is 47.0 Å². The zero-order chi connectivity index (χ0) is 10.8. The van der Waals surface area contributed by atoms with Crippen LogP contribution >= 0.6 is 11.6 Å². The van der Waals surface area contributed by atoms with E-state index in [1.807, 2.05) is 6.92 Å². The molecule has 0 spiro atoms. The minimum absolute atomic E-state index is 0.0812. The van der Waals surface area contributed by atoms with Crippen molar-refractivity contribution in [3.63, 3.8) is 0 Å². The largest absolute Gasteiger partial charge is 0.244 e. The molecule has 0 aliphatic heterocycles. The van der Waals surface area contributed by atoms with Gasteiger partial charge in [-0.05, 0) is 25.5 Å². The van der Waals surface area contributed by atoms with E-state index in [9.17, 15) is 8.42 Å². The van der Waals surface area contributed by atoms with Gasteiger partial charge in [-0.25, -0.2) is 13.4 Å². The molecule has 0 amide bonds. The van der Waals surface area contributed by atoms with Crippen LogP contribution in [0.4, 0.5) is 0 Å².